The van der Waals surface area contributed by atoms with Crippen LogP contribution < -0.4 is 5.32 Å². The van der Waals surface area contributed by atoms with Crippen molar-refractivity contribution in [2.24, 2.45) is 0 Å². The second kappa shape index (κ2) is 4.58. The van der Waals surface area contributed by atoms with Crippen molar-refractivity contribution in [2.45, 2.75) is 26.2 Å². The van der Waals surface area contributed by atoms with E-state index in [0.717, 1.165) is 53.2 Å². The maximum absolute atomic E-state index is 5.85. The third-order valence-electron chi connectivity index (χ3n) is 4.17. The first-order valence-corrected chi connectivity index (χ1v) is 7.34. The van der Waals surface area contributed by atoms with Crippen molar-refractivity contribution in [1.82, 2.24) is 9.97 Å². The quantitative estimate of drug-likeness (QED) is 0.776. The van der Waals surface area contributed by atoms with Crippen LogP contribution in [0.4, 0.5) is 5.82 Å². The van der Waals surface area contributed by atoms with E-state index in [1.807, 2.05) is 32.2 Å². The number of aromatic nitrogens is 2. The van der Waals surface area contributed by atoms with E-state index in [4.69, 9.17) is 14.4 Å². The SMILES string of the molecule is CNc1nc(-c2c(C)oc3ccccc23)nc2c1CCC2. The second-order valence-electron chi connectivity index (χ2n) is 5.45. The summed E-state index contributed by atoms with van der Waals surface area (Å²) in [6, 6.07) is 8.06. The van der Waals surface area contributed by atoms with Gasteiger partial charge >= 0.3 is 0 Å². The van der Waals surface area contributed by atoms with E-state index in [1.165, 1.54) is 11.3 Å². The van der Waals surface area contributed by atoms with Gasteiger partial charge in [0.25, 0.3) is 0 Å². The molecule has 0 saturated heterocycles. The number of furan rings is 1. The molecule has 4 rings (SSSR count). The summed E-state index contributed by atoms with van der Waals surface area (Å²) in [6.07, 6.45) is 3.26. The molecule has 0 saturated carbocycles. The Labute approximate surface area is 123 Å². The zero-order valence-electron chi connectivity index (χ0n) is 12.2. The highest BCUT2D eigenvalue weighted by Crippen LogP contribution is 2.35. The molecule has 4 heteroatoms. The predicted octanol–water partition coefficient (Wildman–Crippen LogP) is 3.73. The van der Waals surface area contributed by atoms with Gasteiger partial charge in [0, 0.05) is 23.7 Å². The first kappa shape index (κ1) is 12.4. The van der Waals surface area contributed by atoms with Crippen LogP contribution in [0.1, 0.15) is 23.4 Å². The number of anilines is 1. The number of hydrogen-bond donors (Lipinski definition) is 1. The molecule has 1 aliphatic rings. The Morgan fingerprint density at radius 3 is 2.86 bits per heavy atom. The zero-order chi connectivity index (χ0) is 14.4. The summed E-state index contributed by atoms with van der Waals surface area (Å²) in [5, 5.41) is 4.29. The number of para-hydroxylation sites is 1. The first-order chi connectivity index (χ1) is 10.3. The van der Waals surface area contributed by atoms with E-state index in [2.05, 4.69) is 11.4 Å². The minimum atomic E-state index is 0.766. The Balaban J connectivity index is 1.99. The maximum Gasteiger partial charge on any atom is 0.165 e. The number of nitrogens with one attached hydrogen (secondary N) is 1. The third kappa shape index (κ3) is 1.82. The summed E-state index contributed by atoms with van der Waals surface area (Å²) in [6.45, 7) is 1.98. The second-order valence-corrected chi connectivity index (χ2v) is 5.45. The fourth-order valence-corrected chi connectivity index (χ4v) is 3.20. The summed E-state index contributed by atoms with van der Waals surface area (Å²) in [5.74, 6) is 2.59. The van der Waals surface area contributed by atoms with Gasteiger partial charge in [-0.1, -0.05) is 18.2 Å². The molecule has 1 N–H and O–H groups in total. The number of nitrogens with zero attached hydrogens (tertiary/aromatic N) is 2. The summed E-state index contributed by atoms with van der Waals surface area (Å²) in [4.78, 5) is 9.54. The molecule has 3 aromatic rings. The van der Waals surface area contributed by atoms with Crippen LogP contribution in [0, 0.1) is 6.92 Å². The van der Waals surface area contributed by atoms with Gasteiger partial charge in [-0.15, -0.1) is 0 Å². The van der Waals surface area contributed by atoms with Crippen molar-refractivity contribution in [3.63, 3.8) is 0 Å². The van der Waals surface area contributed by atoms with Crippen molar-refractivity contribution in [1.29, 1.82) is 0 Å². The Bertz CT molecular complexity index is 835. The summed E-state index contributed by atoms with van der Waals surface area (Å²) in [7, 11) is 1.92. The van der Waals surface area contributed by atoms with Gasteiger partial charge in [0.1, 0.15) is 17.2 Å². The Morgan fingerprint density at radius 1 is 1.14 bits per heavy atom. The number of rotatable bonds is 2. The van der Waals surface area contributed by atoms with Crippen molar-refractivity contribution in [2.75, 3.05) is 12.4 Å². The lowest BCUT2D eigenvalue weighted by Crippen LogP contribution is -2.03. The van der Waals surface area contributed by atoms with Gasteiger partial charge in [0.15, 0.2) is 5.82 Å². The minimum Gasteiger partial charge on any atom is -0.461 e. The fourth-order valence-electron chi connectivity index (χ4n) is 3.20. The summed E-state index contributed by atoms with van der Waals surface area (Å²) in [5.41, 5.74) is 4.35. The van der Waals surface area contributed by atoms with Crippen LogP contribution in [-0.2, 0) is 12.8 Å². The smallest absolute Gasteiger partial charge is 0.165 e. The molecule has 0 unspecified atom stereocenters. The Morgan fingerprint density at radius 2 is 2.00 bits per heavy atom. The lowest BCUT2D eigenvalue weighted by molar-refractivity contribution is 0.579. The Hall–Kier alpha value is -2.36. The lowest BCUT2D eigenvalue weighted by Gasteiger charge is -2.09. The van der Waals surface area contributed by atoms with Crippen LogP contribution in [0.15, 0.2) is 28.7 Å². The molecule has 1 aromatic carbocycles. The molecular formula is C17H17N3O. The third-order valence-corrected chi connectivity index (χ3v) is 4.17. The zero-order valence-corrected chi connectivity index (χ0v) is 12.2. The maximum atomic E-state index is 5.85. The largest absolute Gasteiger partial charge is 0.461 e. The predicted molar refractivity (Wildman–Crippen MR) is 83.5 cm³/mol. The van der Waals surface area contributed by atoms with Crippen molar-refractivity contribution in [3.8, 4) is 11.4 Å². The molecule has 0 radical (unpaired) electrons. The molecule has 2 heterocycles. The van der Waals surface area contributed by atoms with Gasteiger partial charge in [-0.3, -0.25) is 0 Å². The van der Waals surface area contributed by atoms with E-state index in [0.29, 0.717) is 0 Å². The number of aryl methyl sites for hydroxylation is 2. The average Bonchev–Trinajstić information content (AvgIpc) is 3.08. The van der Waals surface area contributed by atoms with E-state index in [1.54, 1.807) is 0 Å². The molecule has 1 aliphatic carbocycles. The monoisotopic (exact) mass is 279 g/mol. The molecule has 4 nitrogen and oxygen atoms in total. The summed E-state index contributed by atoms with van der Waals surface area (Å²) < 4.78 is 5.85. The Kier molecular flexibility index (Phi) is 2.70. The van der Waals surface area contributed by atoms with Crippen LogP contribution in [0.2, 0.25) is 0 Å². The standard InChI is InChI=1S/C17H17N3O/c1-10-15(12-6-3-4-9-14(12)21-10)17-19-13-8-5-7-11(13)16(18-2)20-17/h3-4,6,9H,5,7-8H2,1-2H3,(H,18,19,20). The van der Waals surface area contributed by atoms with Gasteiger partial charge in [0.05, 0.1) is 5.56 Å². The molecule has 0 spiro atoms. The molecule has 2 aromatic heterocycles. The average molecular weight is 279 g/mol. The van der Waals surface area contributed by atoms with E-state index < -0.39 is 0 Å². The highest BCUT2D eigenvalue weighted by atomic mass is 16.3. The van der Waals surface area contributed by atoms with Crippen molar-refractivity contribution >= 4 is 16.8 Å². The summed E-state index contributed by atoms with van der Waals surface area (Å²) >= 11 is 0. The van der Waals surface area contributed by atoms with Crippen LogP contribution >= 0.6 is 0 Å². The fraction of sp³-hybridized carbons (Fsp3) is 0.294. The molecule has 21 heavy (non-hydrogen) atoms. The van der Waals surface area contributed by atoms with Crippen LogP contribution in [0.5, 0.6) is 0 Å². The van der Waals surface area contributed by atoms with Gasteiger partial charge < -0.3 is 9.73 Å². The molecule has 0 amide bonds. The first-order valence-electron chi connectivity index (χ1n) is 7.34. The van der Waals surface area contributed by atoms with Crippen LogP contribution in [-0.4, -0.2) is 17.0 Å². The topological polar surface area (TPSA) is 51.0 Å². The normalized spacial score (nSPS) is 13.6. The molecule has 0 fully saturated rings. The highest BCUT2D eigenvalue weighted by Gasteiger charge is 2.22. The van der Waals surface area contributed by atoms with Gasteiger partial charge in [-0.25, -0.2) is 9.97 Å². The molecule has 0 aliphatic heterocycles. The van der Waals surface area contributed by atoms with Crippen LogP contribution in [0.3, 0.4) is 0 Å². The van der Waals surface area contributed by atoms with Crippen molar-refractivity contribution in [3.05, 3.63) is 41.3 Å². The van der Waals surface area contributed by atoms with Gasteiger partial charge in [-0.2, -0.15) is 0 Å². The van der Waals surface area contributed by atoms with E-state index in [-0.39, 0.29) is 0 Å². The molecule has 0 atom stereocenters. The van der Waals surface area contributed by atoms with Gasteiger partial charge in [-0.05, 0) is 32.3 Å². The van der Waals surface area contributed by atoms with Gasteiger partial charge in [0.2, 0.25) is 0 Å². The highest BCUT2D eigenvalue weighted by molar-refractivity contribution is 5.94. The lowest BCUT2D eigenvalue weighted by atomic mass is 10.1. The van der Waals surface area contributed by atoms with Crippen LogP contribution in [0.25, 0.3) is 22.4 Å². The minimum absolute atomic E-state index is 0.766. The van der Waals surface area contributed by atoms with E-state index in [9.17, 15) is 0 Å². The van der Waals surface area contributed by atoms with Crippen molar-refractivity contribution < 1.29 is 4.42 Å². The number of fused-ring (bicyclic) bond motifs is 2. The molecule has 0 bridgehead atoms. The molecular weight excluding hydrogens is 262 g/mol. The van der Waals surface area contributed by atoms with E-state index >= 15 is 0 Å². The number of hydrogen-bond acceptors (Lipinski definition) is 4. The molecule has 106 valence electrons. The number of benzene rings is 1.